The molecular weight excluding hydrogens is 215 g/mol. The number of hydrogen-bond acceptors (Lipinski definition) is 2. The van der Waals surface area contributed by atoms with Crippen LogP contribution in [0, 0.1) is 5.82 Å². The highest BCUT2D eigenvalue weighted by atomic mass is 19.1. The lowest BCUT2D eigenvalue weighted by molar-refractivity contribution is 0.629. The molecule has 0 amide bonds. The Hall–Kier alpha value is -2.03. The van der Waals surface area contributed by atoms with E-state index in [0.29, 0.717) is 11.4 Å². The zero-order valence-electron chi connectivity index (χ0n) is 9.70. The second-order valence-corrected chi connectivity index (χ2v) is 3.95. The Morgan fingerprint density at radius 1 is 1.06 bits per heavy atom. The summed E-state index contributed by atoms with van der Waals surface area (Å²) in [5.74, 6) is -0.335. The molecule has 3 N–H and O–H groups in total. The normalized spacial score (nSPS) is 10.2. The number of nitrogens with two attached hydrogens (primary N) is 1. The molecule has 2 nitrogen and oxygen atoms in total. The fourth-order valence-electron chi connectivity index (χ4n) is 1.67. The van der Waals surface area contributed by atoms with Crippen LogP contribution >= 0.6 is 0 Å². The van der Waals surface area contributed by atoms with Crippen molar-refractivity contribution in [2.45, 2.75) is 13.3 Å². The summed E-state index contributed by atoms with van der Waals surface area (Å²) in [6.07, 6.45) is 1.01. The van der Waals surface area contributed by atoms with Gasteiger partial charge < -0.3 is 11.1 Å². The Bertz CT molecular complexity index is 486. The number of rotatable bonds is 3. The molecule has 3 heteroatoms. The lowest BCUT2D eigenvalue weighted by atomic mass is 10.1. The molecule has 0 aliphatic heterocycles. The molecule has 0 atom stereocenters. The van der Waals surface area contributed by atoms with Crippen molar-refractivity contribution in [2.75, 3.05) is 11.1 Å². The van der Waals surface area contributed by atoms with Crippen LogP contribution in [-0.2, 0) is 6.42 Å². The summed E-state index contributed by atoms with van der Waals surface area (Å²) in [7, 11) is 0. The standard InChI is InChI=1S/C14H15FN2/c1-2-10-3-5-13(6-4-10)17-14-8-11(15)7-12(16)9-14/h3-9,17H,2,16H2,1H3. The van der Waals surface area contributed by atoms with Crippen molar-refractivity contribution >= 4 is 17.1 Å². The van der Waals surface area contributed by atoms with E-state index < -0.39 is 0 Å². The summed E-state index contributed by atoms with van der Waals surface area (Å²) in [6.45, 7) is 2.11. The zero-order chi connectivity index (χ0) is 12.3. The van der Waals surface area contributed by atoms with E-state index in [1.54, 1.807) is 6.07 Å². The SMILES string of the molecule is CCc1ccc(Nc2cc(N)cc(F)c2)cc1. The molecule has 0 unspecified atom stereocenters. The fraction of sp³-hybridized carbons (Fsp3) is 0.143. The largest absolute Gasteiger partial charge is 0.399 e. The average molecular weight is 230 g/mol. The van der Waals surface area contributed by atoms with E-state index in [4.69, 9.17) is 5.73 Å². The van der Waals surface area contributed by atoms with Gasteiger partial charge >= 0.3 is 0 Å². The van der Waals surface area contributed by atoms with Gasteiger partial charge in [-0.1, -0.05) is 19.1 Å². The average Bonchev–Trinajstić information content (AvgIpc) is 2.28. The molecule has 0 aliphatic carbocycles. The highest BCUT2D eigenvalue weighted by molar-refractivity contribution is 5.63. The highest BCUT2D eigenvalue weighted by Gasteiger charge is 1.99. The van der Waals surface area contributed by atoms with Crippen LogP contribution in [0.25, 0.3) is 0 Å². The summed E-state index contributed by atoms with van der Waals surface area (Å²) in [6, 6.07) is 12.5. The molecule has 17 heavy (non-hydrogen) atoms. The van der Waals surface area contributed by atoms with Crippen molar-refractivity contribution in [1.82, 2.24) is 0 Å². The minimum Gasteiger partial charge on any atom is -0.399 e. The van der Waals surface area contributed by atoms with E-state index in [1.807, 2.05) is 24.3 Å². The minimum absolute atomic E-state index is 0.335. The quantitative estimate of drug-likeness (QED) is 0.789. The van der Waals surface area contributed by atoms with Gasteiger partial charge in [-0.15, -0.1) is 0 Å². The summed E-state index contributed by atoms with van der Waals surface area (Å²) < 4.78 is 13.1. The van der Waals surface area contributed by atoms with Gasteiger partial charge in [0.1, 0.15) is 5.82 Å². The molecule has 0 aliphatic rings. The summed E-state index contributed by atoms with van der Waals surface area (Å²) in [4.78, 5) is 0. The molecule has 0 bridgehead atoms. The Kier molecular flexibility index (Phi) is 3.28. The molecule has 2 aromatic carbocycles. The number of benzene rings is 2. The van der Waals surface area contributed by atoms with E-state index in [2.05, 4.69) is 12.2 Å². The van der Waals surface area contributed by atoms with Gasteiger partial charge in [0.25, 0.3) is 0 Å². The number of aryl methyl sites for hydroxylation is 1. The van der Waals surface area contributed by atoms with Crippen LogP contribution in [0.3, 0.4) is 0 Å². The first-order chi connectivity index (χ1) is 8.17. The second-order valence-electron chi connectivity index (χ2n) is 3.95. The lowest BCUT2D eigenvalue weighted by Crippen LogP contribution is -1.94. The molecule has 88 valence electrons. The Labute approximate surface area is 100 Å². The molecular formula is C14H15FN2. The van der Waals surface area contributed by atoms with Crippen LogP contribution in [-0.4, -0.2) is 0 Å². The van der Waals surface area contributed by atoms with Gasteiger partial charge in [0.15, 0.2) is 0 Å². The van der Waals surface area contributed by atoms with Crippen LogP contribution in [0.15, 0.2) is 42.5 Å². The molecule has 0 saturated heterocycles. The third-order valence-corrected chi connectivity index (χ3v) is 2.57. The third-order valence-electron chi connectivity index (χ3n) is 2.57. The number of halogens is 1. The molecule has 0 fully saturated rings. The lowest BCUT2D eigenvalue weighted by Gasteiger charge is -2.08. The Balaban J connectivity index is 2.19. The molecule has 2 rings (SSSR count). The number of nitrogens with one attached hydrogen (secondary N) is 1. The highest BCUT2D eigenvalue weighted by Crippen LogP contribution is 2.20. The monoisotopic (exact) mass is 230 g/mol. The van der Waals surface area contributed by atoms with Crippen LogP contribution in [0.5, 0.6) is 0 Å². The Morgan fingerprint density at radius 3 is 2.35 bits per heavy atom. The maximum absolute atomic E-state index is 13.1. The van der Waals surface area contributed by atoms with E-state index in [1.165, 1.54) is 17.7 Å². The summed E-state index contributed by atoms with van der Waals surface area (Å²) in [5, 5.41) is 3.12. The van der Waals surface area contributed by atoms with Crippen LogP contribution in [0.4, 0.5) is 21.5 Å². The first-order valence-corrected chi connectivity index (χ1v) is 5.59. The smallest absolute Gasteiger partial charge is 0.127 e. The van der Waals surface area contributed by atoms with E-state index in [9.17, 15) is 4.39 Å². The fourth-order valence-corrected chi connectivity index (χ4v) is 1.67. The van der Waals surface area contributed by atoms with Crippen molar-refractivity contribution in [3.05, 3.63) is 53.8 Å². The van der Waals surface area contributed by atoms with Gasteiger partial charge in [0.05, 0.1) is 0 Å². The number of hydrogen-bond donors (Lipinski definition) is 2. The summed E-state index contributed by atoms with van der Waals surface area (Å²) >= 11 is 0. The van der Waals surface area contributed by atoms with E-state index in [0.717, 1.165) is 12.1 Å². The van der Waals surface area contributed by atoms with Gasteiger partial charge in [-0.05, 0) is 42.3 Å². The molecule has 0 heterocycles. The van der Waals surface area contributed by atoms with Crippen molar-refractivity contribution in [3.8, 4) is 0 Å². The topological polar surface area (TPSA) is 38.0 Å². The third kappa shape index (κ3) is 2.97. The van der Waals surface area contributed by atoms with Gasteiger partial charge in [0, 0.05) is 17.1 Å². The maximum atomic E-state index is 13.1. The van der Waals surface area contributed by atoms with Crippen molar-refractivity contribution < 1.29 is 4.39 Å². The van der Waals surface area contributed by atoms with Gasteiger partial charge in [-0.2, -0.15) is 0 Å². The predicted octanol–water partition coefficient (Wildman–Crippen LogP) is 3.71. The van der Waals surface area contributed by atoms with Crippen LogP contribution < -0.4 is 11.1 Å². The minimum atomic E-state index is -0.335. The molecule has 0 saturated carbocycles. The van der Waals surface area contributed by atoms with Crippen molar-refractivity contribution in [3.63, 3.8) is 0 Å². The van der Waals surface area contributed by atoms with E-state index in [-0.39, 0.29) is 5.82 Å². The molecule has 2 aromatic rings. The van der Waals surface area contributed by atoms with Crippen molar-refractivity contribution in [1.29, 1.82) is 0 Å². The number of nitrogen functional groups attached to an aromatic ring is 1. The molecule has 0 spiro atoms. The van der Waals surface area contributed by atoms with Gasteiger partial charge in [0.2, 0.25) is 0 Å². The summed E-state index contributed by atoms with van der Waals surface area (Å²) in [5.41, 5.74) is 8.85. The predicted molar refractivity (Wildman–Crippen MR) is 69.9 cm³/mol. The first-order valence-electron chi connectivity index (χ1n) is 5.59. The first kappa shape index (κ1) is 11.5. The second kappa shape index (κ2) is 4.87. The van der Waals surface area contributed by atoms with Crippen LogP contribution in [0.2, 0.25) is 0 Å². The van der Waals surface area contributed by atoms with Gasteiger partial charge in [-0.25, -0.2) is 4.39 Å². The maximum Gasteiger partial charge on any atom is 0.127 e. The molecule has 0 radical (unpaired) electrons. The van der Waals surface area contributed by atoms with Gasteiger partial charge in [-0.3, -0.25) is 0 Å². The zero-order valence-corrected chi connectivity index (χ0v) is 9.70. The number of anilines is 3. The van der Waals surface area contributed by atoms with Crippen LogP contribution in [0.1, 0.15) is 12.5 Å². The van der Waals surface area contributed by atoms with Crippen molar-refractivity contribution in [2.24, 2.45) is 0 Å². The van der Waals surface area contributed by atoms with E-state index >= 15 is 0 Å². The Morgan fingerprint density at radius 2 is 1.76 bits per heavy atom. The molecule has 0 aromatic heterocycles.